The van der Waals surface area contributed by atoms with Gasteiger partial charge in [0.05, 0.1) is 0 Å². The van der Waals surface area contributed by atoms with E-state index in [0.717, 1.165) is 11.1 Å². The molecule has 104 valence electrons. The number of benzene rings is 1. The fourth-order valence-corrected chi connectivity index (χ4v) is 1.85. The second kappa shape index (κ2) is 5.43. The minimum Gasteiger partial charge on any atom is -0.480 e. The lowest BCUT2D eigenvalue weighted by molar-refractivity contribution is -0.137. The largest absolute Gasteiger partial charge is 0.480 e. The third-order valence-electron chi connectivity index (χ3n) is 3.04. The molecule has 0 saturated heterocycles. The third-order valence-corrected chi connectivity index (χ3v) is 3.04. The molecule has 4 nitrogen and oxygen atoms in total. The number of hydrogen-bond donors (Lipinski definition) is 1. The zero-order valence-electron chi connectivity index (χ0n) is 12.2. The molecule has 1 amide bonds. The zero-order chi connectivity index (χ0) is 14.8. The maximum Gasteiger partial charge on any atom is 0.323 e. The Morgan fingerprint density at radius 2 is 1.84 bits per heavy atom. The van der Waals surface area contributed by atoms with Gasteiger partial charge in [-0.05, 0) is 29.5 Å². The molecule has 0 aliphatic heterocycles. The second-order valence-electron chi connectivity index (χ2n) is 5.83. The van der Waals surface area contributed by atoms with Gasteiger partial charge < -0.3 is 10.0 Å². The van der Waals surface area contributed by atoms with Crippen molar-refractivity contribution < 1.29 is 14.7 Å². The number of carbonyl (C=O) groups is 2. The summed E-state index contributed by atoms with van der Waals surface area (Å²) in [5.74, 6) is -1.28. The maximum absolute atomic E-state index is 12.1. The summed E-state index contributed by atoms with van der Waals surface area (Å²) in [5, 5.41) is 8.71. The molecule has 0 bridgehead atoms. The smallest absolute Gasteiger partial charge is 0.323 e. The standard InChI is InChI=1S/C15H21NO3/c1-10-8-11(15(2,3)4)6-7-12(10)14(19)16(5)9-13(17)18/h6-8H,9H2,1-5H3,(H,17,18). The highest BCUT2D eigenvalue weighted by Crippen LogP contribution is 2.24. The van der Waals surface area contributed by atoms with E-state index in [1.807, 2.05) is 19.1 Å². The SMILES string of the molecule is Cc1cc(C(C)(C)C)ccc1C(=O)N(C)CC(=O)O. The molecule has 0 aromatic heterocycles. The fourth-order valence-electron chi connectivity index (χ4n) is 1.85. The summed E-state index contributed by atoms with van der Waals surface area (Å²) >= 11 is 0. The molecule has 19 heavy (non-hydrogen) atoms. The molecule has 0 radical (unpaired) electrons. The van der Waals surface area contributed by atoms with Crippen molar-refractivity contribution in [1.29, 1.82) is 0 Å². The first-order chi connectivity index (χ1) is 8.62. The number of aryl methyl sites for hydroxylation is 1. The van der Waals surface area contributed by atoms with Crippen molar-refractivity contribution in [2.75, 3.05) is 13.6 Å². The summed E-state index contributed by atoms with van der Waals surface area (Å²) < 4.78 is 0. The summed E-state index contributed by atoms with van der Waals surface area (Å²) in [6.07, 6.45) is 0. The summed E-state index contributed by atoms with van der Waals surface area (Å²) in [4.78, 5) is 24.0. The highest BCUT2D eigenvalue weighted by Gasteiger charge is 2.19. The molecule has 0 saturated carbocycles. The van der Waals surface area contributed by atoms with E-state index in [1.165, 1.54) is 11.9 Å². The lowest BCUT2D eigenvalue weighted by Gasteiger charge is -2.21. The molecule has 0 heterocycles. The number of carboxylic acids is 1. The first kappa shape index (κ1) is 15.2. The van der Waals surface area contributed by atoms with Gasteiger partial charge in [0.1, 0.15) is 6.54 Å². The monoisotopic (exact) mass is 263 g/mol. The van der Waals surface area contributed by atoms with Crippen LogP contribution in [0.2, 0.25) is 0 Å². The topological polar surface area (TPSA) is 57.6 Å². The van der Waals surface area contributed by atoms with Crippen LogP contribution in [0, 0.1) is 6.92 Å². The first-order valence-corrected chi connectivity index (χ1v) is 6.21. The van der Waals surface area contributed by atoms with Crippen LogP contribution in [0.5, 0.6) is 0 Å². The van der Waals surface area contributed by atoms with Gasteiger partial charge in [0.15, 0.2) is 0 Å². The molecular formula is C15H21NO3. The molecule has 4 heteroatoms. The number of rotatable bonds is 3. The summed E-state index contributed by atoms with van der Waals surface area (Å²) in [6, 6.07) is 5.69. The minimum absolute atomic E-state index is 0.0271. The van der Waals surface area contributed by atoms with Gasteiger partial charge in [0.25, 0.3) is 5.91 Å². The van der Waals surface area contributed by atoms with Gasteiger partial charge in [-0.25, -0.2) is 0 Å². The van der Waals surface area contributed by atoms with Crippen LogP contribution in [0.25, 0.3) is 0 Å². The number of hydrogen-bond acceptors (Lipinski definition) is 2. The van der Waals surface area contributed by atoms with E-state index in [2.05, 4.69) is 20.8 Å². The average molecular weight is 263 g/mol. The molecule has 1 N–H and O–H groups in total. The quantitative estimate of drug-likeness (QED) is 0.911. The normalized spacial score (nSPS) is 11.2. The summed E-state index contributed by atoms with van der Waals surface area (Å²) in [7, 11) is 1.49. The maximum atomic E-state index is 12.1. The Bertz CT molecular complexity index is 501. The Morgan fingerprint density at radius 3 is 2.26 bits per heavy atom. The van der Waals surface area contributed by atoms with E-state index in [-0.39, 0.29) is 17.9 Å². The van der Waals surface area contributed by atoms with E-state index < -0.39 is 5.97 Å². The van der Waals surface area contributed by atoms with Crippen molar-refractivity contribution in [1.82, 2.24) is 4.90 Å². The molecule has 0 fully saturated rings. The van der Waals surface area contributed by atoms with E-state index in [1.54, 1.807) is 6.07 Å². The first-order valence-electron chi connectivity index (χ1n) is 6.21. The van der Waals surface area contributed by atoms with Crippen molar-refractivity contribution in [2.45, 2.75) is 33.1 Å². The number of aliphatic carboxylic acids is 1. The van der Waals surface area contributed by atoms with Crippen LogP contribution in [0.1, 0.15) is 42.3 Å². The number of carboxylic acid groups (broad SMARTS) is 1. The van der Waals surface area contributed by atoms with Crippen LogP contribution in [-0.2, 0) is 10.2 Å². The van der Waals surface area contributed by atoms with Gasteiger partial charge in [0, 0.05) is 12.6 Å². The number of carbonyl (C=O) groups excluding carboxylic acids is 1. The van der Waals surface area contributed by atoms with E-state index in [0.29, 0.717) is 5.56 Å². The summed E-state index contributed by atoms with van der Waals surface area (Å²) in [6.45, 7) is 7.91. The lowest BCUT2D eigenvalue weighted by atomic mass is 9.85. The van der Waals surface area contributed by atoms with Crippen LogP contribution < -0.4 is 0 Å². The highest BCUT2D eigenvalue weighted by atomic mass is 16.4. The minimum atomic E-state index is -1.01. The number of amides is 1. The molecule has 0 unspecified atom stereocenters. The molecule has 0 aliphatic carbocycles. The molecule has 0 spiro atoms. The van der Waals surface area contributed by atoms with Gasteiger partial charge in [-0.2, -0.15) is 0 Å². The molecular weight excluding hydrogens is 242 g/mol. The van der Waals surface area contributed by atoms with Gasteiger partial charge in [-0.15, -0.1) is 0 Å². The molecule has 0 aliphatic rings. The number of likely N-dealkylation sites (N-methyl/N-ethyl adjacent to an activating group) is 1. The molecule has 1 aromatic carbocycles. The van der Waals surface area contributed by atoms with Crippen LogP contribution in [0.4, 0.5) is 0 Å². The van der Waals surface area contributed by atoms with Crippen molar-refractivity contribution >= 4 is 11.9 Å². The van der Waals surface area contributed by atoms with Gasteiger partial charge >= 0.3 is 5.97 Å². The zero-order valence-corrected chi connectivity index (χ0v) is 12.2. The Hall–Kier alpha value is -1.84. The molecule has 0 atom stereocenters. The Labute approximate surface area is 114 Å². The van der Waals surface area contributed by atoms with Gasteiger partial charge in [0.2, 0.25) is 0 Å². The van der Waals surface area contributed by atoms with Crippen LogP contribution in [-0.4, -0.2) is 35.5 Å². The van der Waals surface area contributed by atoms with Crippen LogP contribution in [0.15, 0.2) is 18.2 Å². The van der Waals surface area contributed by atoms with Crippen molar-refractivity contribution in [3.63, 3.8) is 0 Å². The Morgan fingerprint density at radius 1 is 1.26 bits per heavy atom. The second-order valence-corrected chi connectivity index (χ2v) is 5.83. The Kier molecular flexibility index (Phi) is 4.35. The van der Waals surface area contributed by atoms with Crippen LogP contribution >= 0.6 is 0 Å². The highest BCUT2D eigenvalue weighted by molar-refractivity contribution is 5.97. The predicted molar refractivity (Wildman–Crippen MR) is 74.5 cm³/mol. The van der Waals surface area contributed by atoms with E-state index in [9.17, 15) is 9.59 Å². The molecule has 1 rings (SSSR count). The number of nitrogens with zero attached hydrogens (tertiary/aromatic N) is 1. The van der Waals surface area contributed by atoms with Crippen LogP contribution in [0.3, 0.4) is 0 Å². The average Bonchev–Trinajstić information content (AvgIpc) is 2.25. The van der Waals surface area contributed by atoms with Crippen molar-refractivity contribution in [3.8, 4) is 0 Å². The van der Waals surface area contributed by atoms with Gasteiger partial charge in [-0.1, -0.05) is 32.9 Å². The van der Waals surface area contributed by atoms with Gasteiger partial charge in [-0.3, -0.25) is 9.59 Å². The fraction of sp³-hybridized carbons (Fsp3) is 0.467. The molecule has 1 aromatic rings. The third kappa shape index (κ3) is 3.81. The van der Waals surface area contributed by atoms with E-state index in [4.69, 9.17) is 5.11 Å². The predicted octanol–water partition coefficient (Wildman–Crippen LogP) is 2.45. The van der Waals surface area contributed by atoms with E-state index >= 15 is 0 Å². The Balaban J connectivity index is 3.03. The summed E-state index contributed by atoms with van der Waals surface area (Å²) in [5.41, 5.74) is 2.60. The van der Waals surface area contributed by atoms with Crippen molar-refractivity contribution in [3.05, 3.63) is 34.9 Å². The lowest BCUT2D eigenvalue weighted by Crippen LogP contribution is -2.32. The van der Waals surface area contributed by atoms with Crippen molar-refractivity contribution in [2.24, 2.45) is 0 Å².